The number of hydrogen-bond acceptors (Lipinski definition) is 6. The molecule has 0 unspecified atom stereocenters. The number of benzene rings is 2. The maximum atomic E-state index is 12.6. The summed E-state index contributed by atoms with van der Waals surface area (Å²) in [5.41, 5.74) is 2.65. The van der Waals surface area contributed by atoms with Crippen molar-refractivity contribution >= 4 is 50.8 Å². The second kappa shape index (κ2) is 8.44. The van der Waals surface area contributed by atoms with E-state index in [0.29, 0.717) is 28.7 Å². The smallest absolute Gasteiger partial charge is 0.272 e. The maximum Gasteiger partial charge on any atom is 0.295 e. The summed E-state index contributed by atoms with van der Waals surface area (Å²) >= 11 is 12.1. The number of rotatable bonds is 6. The van der Waals surface area contributed by atoms with Gasteiger partial charge in [0.05, 0.1) is 26.1 Å². The molecule has 1 aliphatic rings. The highest BCUT2D eigenvalue weighted by Crippen LogP contribution is 2.30. The van der Waals surface area contributed by atoms with E-state index in [0.717, 1.165) is 18.9 Å². The number of sulfonamides is 1. The third kappa shape index (κ3) is 4.27. The van der Waals surface area contributed by atoms with Gasteiger partial charge in [0.25, 0.3) is 5.69 Å². The van der Waals surface area contributed by atoms with Crippen molar-refractivity contribution in [3.63, 3.8) is 0 Å². The van der Waals surface area contributed by atoms with Crippen molar-refractivity contribution in [1.29, 1.82) is 0 Å². The average Bonchev–Trinajstić information content (AvgIpc) is 3.19. The van der Waals surface area contributed by atoms with E-state index in [4.69, 9.17) is 23.2 Å². The number of nitro groups is 1. The van der Waals surface area contributed by atoms with E-state index in [1.165, 1.54) is 22.7 Å². The fourth-order valence-electron chi connectivity index (χ4n) is 2.80. The molecule has 0 aromatic heterocycles. The first-order chi connectivity index (χ1) is 13.3. The SMILES string of the molecule is O=[N+]([O-])c1cc(S(=O)(=O)N2CCCC2)ccc1N/N=C\c1c(Cl)cccc1Cl. The van der Waals surface area contributed by atoms with Gasteiger partial charge in [-0.2, -0.15) is 9.41 Å². The van der Waals surface area contributed by atoms with E-state index in [9.17, 15) is 18.5 Å². The fourth-order valence-corrected chi connectivity index (χ4v) is 4.83. The molecule has 1 saturated heterocycles. The van der Waals surface area contributed by atoms with Crippen LogP contribution in [0.15, 0.2) is 46.4 Å². The molecule has 3 rings (SSSR count). The quantitative estimate of drug-likeness (QED) is 0.411. The van der Waals surface area contributed by atoms with Gasteiger partial charge in [-0.1, -0.05) is 29.3 Å². The van der Waals surface area contributed by atoms with Crippen molar-refractivity contribution < 1.29 is 13.3 Å². The zero-order chi connectivity index (χ0) is 20.3. The van der Waals surface area contributed by atoms with Gasteiger partial charge < -0.3 is 0 Å². The van der Waals surface area contributed by atoms with Gasteiger partial charge in [-0.3, -0.25) is 15.5 Å². The minimum absolute atomic E-state index is 0.0461. The first-order valence-electron chi connectivity index (χ1n) is 8.32. The van der Waals surface area contributed by atoms with Gasteiger partial charge in [0.1, 0.15) is 5.69 Å². The second-order valence-corrected chi connectivity index (χ2v) is 8.80. The molecule has 0 spiro atoms. The molecule has 1 fully saturated rings. The van der Waals surface area contributed by atoms with Crippen LogP contribution in [0.25, 0.3) is 0 Å². The lowest BCUT2D eigenvalue weighted by Gasteiger charge is -2.15. The van der Waals surface area contributed by atoms with E-state index in [2.05, 4.69) is 10.5 Å². The summed E-state index contributed by atoms with van der Waals surface area (Å²) in [6.45, 7) is 0.831. The Kier molecular flexibility index (Phi) is 6.19. The Bertz CT molecular complexity index is 1020. The highest BCUT2D eigenvalue weighted by atomic mass is 35.5. The third-order valence-electron chi connectivity index (χ3n) is 4.25. The molecule has 8 nitrogen and oxygen atoms in total. The normalized spacial score (nSPS) is 15.2. The molecular formula is C17H16Cl2N4O4S. The Hall–Kier alpha value is -2.20. The Morgan fingerprint density at radius 2 is 1.79 bits per heavy atom. The number of hydrogen-bond donors (Lipinski definition) is 1. The van der Waals surface area contributed by atoms with Crippen LogP contribution in [0.2, 0.25) is 10.0 Å². The van der Waals surface area contributed by atoms with Crippen molar-refractivity contribution in [3.8, 4) is 0 Å². The lowest BCUT2D eigenvalue weighted by molar-refractivity contribution is -0.384. The van der Waals surface area contributed by atoms with Crippen LogP contribution in [-0.4, -0.2) is 37.0 Å². The summed E-state index contributed by atoms with van der Waals surface area (Å²) in [5.74, 6) is 0. The molecule has 0 saturated carbocycles. The molecule has 1 aliphatic heterocycles. The molecule has 28 heavy (non-hydrogen) atoms. The molecule has 148 valence electrons. The zero-order valence-corrected chi connectivity index (χ0v) is 16.8. The van der Waals surface area contributed by atoms with Crippen LogP contribution in [0.1, 0.15) is 18.4 Å². The van der Waals surface area contributed by atoms with Gasteiger partial charge in [-0.15, -0.1) is 0 Å². The Balaban J connectivity index is 1.88. The highest BCUT2D eigenvalue weighted by Gasteiger charge is 2.29. The van der Waals surface area contributed by atoms with Crippen LogP contribution in [0.5, 0.6) is 0 Å². The second-order valence-electron chi connectivity index (χ2n) is 6.05. The molecule has 1 heterocycles. The number of anilines is 1. The van der Waals surface area contributed by atoms with Gasteiger partial charge in [-0.25, -0.2) is 8.42 Å². The van der Waals surface area contributed by atoms with Crippen molar-refractivity contribution in [2.75, 3.05) is 18.5 Å². The van der Waals surface area contributed by atoms with Crippen molar-refractivity contribution in [1.82, 2.24) is 4.31 Å². The first kappa shape index (κ1) is 20.5. The van der Waals surface area contributed by atoms with Crippen LogP contribution >= 0.6 is 23.2 Å². The van der Waals surface area contributed by atoms with Gasteiger partial charge in [-0.05, 0) is 37.1 Å². The van der Waals surface area contributed by atoms with Crippen LogP contribution in [0, 0.1) is 10.1 Å². The van der Waals surface area contributed by atoms with E-state index < -0.39 is 20.6 Å². The summed E-state index contributed by atoms with van der Waals surface area (Å²) in [7, 11) is -3.76. The summed E-state index contributed by atoms with van der Waals surface area (Å²) in [5, 5.41) is 16.1. The molecule has 1 N–H and O–H groups in total. The maximum absolute atomic E-state index is 12.6. The molecule has 2 aromatic carbocycles. The molecule has 11 heteroatoms. The zero-order valence-electron chi connectivity index (χ0n) is 14.5. The monoisotopic (exact) mass is 442 g/mol. The minimum Gasteiger partial charge on any atom is -0.272 e. The molecule has 0 bridgehead atoms. The van der Waals surface area contributed by atoms with E-state index >= 15 is 0 Å². The van der Waals surface area contributed by atoms with Crippen molar-refractivity contribution in [2.24, 2.45) is 5.10 Å². The summed E-state index contributed by atoms with van der Waals surface area (Å²) < 4.78 is 26.6. The number of nitrogens with zero attached hydrogens (tertiary/aromatic N) is 3. The lowest BCUT2D eigenvalue weighted by atomic mass is 10.2. The molecular weight excluding hydrogens is 427 g/mol. The van der Waals surface area contributed by atoms with Crippen LogP contribution in [-0.2, 0) is 10.0 Å². The van der Waals surface area contributed by atoms with Crippen LogP contribution < -0.4 is 5.43 Å². The van der Waals surface area contributed by atoms with E-state index in [1.54, 1.807) is 18.2 Å². The fraction of sp³-hybridized carbons (Fsp3) is 0.235. The molecule has 0 aliphatic carbocycles. The Morgan fingerprint density at radius 1 is 1.14 bits per heavy atom. The Labute approximate surface area is 172 Å². The Morgan fingerprint density at radius 3 is 2.39 bits per heavy atom. The third-order valence-corrected chi connectivity index (χ3v) is 6.80. The average molecular weight is 443 g/mol. The molecule has 0 atom stereocenters. The molecule has 0 radical (unpaired) electrons. The summed E-state index contributed by atoms with van der Waals surface area (Å²) in [6, 6.07) is 8.62. The number of halogens is 2. The topological polar surface area (TPSA) is 105 Å². The summed E-state index contributed by atoms with van der Waals surface area (Å²) in [6.07, 6.45) is 2.89. The first-order valence-corrected chi connectivity index (χ1v) is 10.5. The van der Waals surface area contributed by atoms with Crippen molar-refractivity contribution in [2.45, 2.75) is 17.7 Å². The summed E-state index contributed by atoms with van der Waals surface area (Å²) in [4.78, 5) is 10.6. The number of hydrazone groups is 1. The van der Waals surface area contributed by atoms with Crippen LogP contribution in [0.4, 0.5) is 11.4 Å². The van der Waals surface area contributed by atoms with Gasteiger partial charge in [0, 0.05) is 24.7 Å². The molecule has 0 amide bonds. The van der Waals surface area contributed by atoms with Crippen molar-refractivity contribution in [3.05, 3.63) is 62.1 Å². The lowest BCUT2D eigenvalue weighted by Crippen LogP contribution is -2.27. The van der Waals surface area contributed by atoms with E-state index in [-0.39, 0.29) is 10.6 Å². The predicted octanol–water partition coefficient (Wildman–Crippen LogP) is 4.13. The predicted molar refractivity (Wildman–Crippen MR) is 109 cm³/mol. The molecule has 2 aromatic rings. The highest BCUT2D eigenvalue weighted by molar-refractivity contribution is 7.89. The van der Waals surface area contributed by atoms with Crippen LogP contribution in [0.3, 0.4) is 0 Å². The standard InChI is InChI=1S/C17H16Cl2N4O4S/c18-14-4-3-5-15(19)13(14)11-20-21-16-7-6-12(10-17(16)23(24)25)28(26,27)22-8-1-2-9-22/h3-7,10-11,21H,1-2,8-9H2/b20-11-. The largest absolute Gasteiger partial charge is 0.295 e. The van der Waals surface area contributed by atoms with E-state index in [1.807, 2.05) is 0 Å². The number of nitro benzene ring substituents is 1. The van der Waals surface area contributed by atoms with Gasteiger partial charge in [0.15, 0.2) is 0 Å². The number of nitrogens with one attached hydrogen (secondary N) is 1. The van der Waals surface area contributed by atoms with Gasteiger partial charge in [0.2, 0.25) is 10.0 Å². The minimum atomic E-state index is -3.76. The van der Waals surface area contributed by atoms with Gasteiger partial charge >= 0.3 is 0 Å².